The largest absolute Gasteiger partial charge is 0.481 e. The molecular weight excluding hydrogens is 272 g/mol. The highest BCUT2D eigenvalue weighted by molar-refractivity contribution is 5.74. The number of piperidine rings is 1. The van der Waals surface area contributed by atoms with E-state index >= 15 is 0 Å². The fraction of sp³-hybridized carbons (Fsp3) is 0.571. The van der Waals surface area contributed by atoms with E-state index < -0.39 is 5.97 Å². The summed E-state index contributed by atoms with van der Waals surface area (Å²) in [5.74, 6) is -0.503. The Bertz CT molecular complexity index is 480. The SMILES string of the molecule is O=C(O)CCC1CCCN(C(=O)NCc2cccnn2)C1. The van der Waals surface area contributed by atoms with Gasteiger partial charge in [-0.05, 0) is 37.3 Å². The molecule has 1 fully saturated rings. The average Bonchev–Trinajstić information content (AvgIpc) is 2.52. The molecular formula is C14H20N4O3. The van der Waals surface area contributed by atoms with Crippen molar-refractivity contribution in [3.63, 3.8) is 0 Å². The normalized spacial score (nSPS) is 18.3. The van der Waals surface area contributed by atoms with Crippen LogP contribution in [-0.2, 0) is 11.3 Å². The van der Waals surface area contributed by atoms with Gasteiger partial charge in [-0.3, -0.25) is 4.79 Å². The van der Waals surface area contributed by atoms with Gasteiger partial charge in [0.05, 0.1) is 12.2 Å². The van der Waals surface area contributed by atoms with E-state index in [1.807, 2.05) is 0 Å². The van der Waals surface area contributed by atoms with Crippen LogP contribution in [0.25, 0.3) is 0 Å². The average molecular weight is 292 g/mol. The summed E-state index contributed by atoms with van der Waals surface area (Å²) in [5, 5.41) is 19.2. The van der Waals surface area contributed by atoms with Crippen molar-refractivity contribution in [2.75, 3.05) is 13.1 Å². The maximum Gasteiger partial charge on any atom is 0.317 e. The number of nitrogens with zero attached hydrogens (tertiary/aromatic N) is 3. The molecule has 1 aromatic rings. The number of hydrogen-bond acceptors (Lipinski definition) is 4. The summed E-state index contributed by atoms with van der Waals surface area (Å²) in [6.45, 7) is 1.69. The summed E-state index contributed by atoms with van der Waals surface area (Å²) in [4.78, 5) is 24.5. The molecule has 114 valence electrons. The molecule has 1 aliphatic rings. The predicted molar refractivity (Wildman–Crippen MR) is 75.4 cm³/mol. The fourth-order valence-corrected chi connectivity index (χ4v) is 2.52. The van der Waals surface area contributed by atoms with E-state index in [1.165, 1.54) is 0 Å². The molecule has 0 saturated carbocycles. The number of urea groups is 1. The Morgan fingerprint density at radius 2 is 2.33 bits per heavy atom. The van der Waals surface area contributed by atoms with Crippen LogP contribution in [-0.4, -0.2) is 45.3 Å². The fourth-order valence-electron chi connectivity index (χ4n) is 2.52. The number of carbonyl (C=O) groups is 2. The van der Waals surface area contributed by atoms with Gasteiger partial charge in [0.25, 0.3) is 0 Å². The number of nitrogens with one attached hydrogen (secondary N) is 1. The van der Waals surface area contributed by atoms with Crippen LogP contribution in [0.2, 0.25) is 0 Å². The van der Waals surface area contributed by atoms with E-state index in [-0.39, 0.29) is 18.4 Å². The van der Waals surface area contributed by atoms with E-state index in [0.29, 0.717) is 25.2 Å². The summed E-state index contributed by atoms with van der Waals surface area (Å²) in [5.41, 5.74) is 0.713. The summed E-state index contributed by atoms with van der Waals surface area (Å²) in [6, 6.07) is 3.46. The Balaban J connectivity index is 1.77. The van der Waals surface area contributed by atoms with Gasteiger partial charge in [-0.25, -0.2) is 4.79 Å². The smallest absolute Gasteiger partial charge is 0.317 e. The van der Waals surface area contributed by atoms with Crippen LogP contribution in [0.4, 0.5) is 4.79 Å². The molecule has 1 atom stereocenters. The van der Waals surface area contributed by atoms with Crippen molar-refractivity contribution in [3.05, 3.63) is 24.0 Å². The van der Waals surface area contributed by atoms with Gasteiger partial charge in [0.15, 0.2) is 0 Å². The Labute approximate surface area is 123 Å². The Morgan fingerprint density at radius 3 is 3.05 bits per heavy atom. The van der Waals surface area contributed by atoms with E-state index in [2.05, 4.69) is 15.5 Å². The van der Waals surface area contributed by atoms with Crippen LogP contribution < -0.4 is 5.32 Å². The summed E-state index contributed by atoms with van der Waals surface area (Å²) >= 11 is 0. The maximum atomic E-state index is 12.1. The lowest BCUT2D eigenvalue weighted by Gasteiger charge is -2.32. The third kappa shape index (κ3) is 5.02. The Hall–Kier alpha value is -2.18. The van der Waals surface area contributed by atoms with E-state index in [0.717, 1.165) is 19.4 Å². The molecule has 21 heavy (non-hydrogen) atoms. The molecule has 1 saturated heterocycles. The second kappa shape index (κ2) is 7.56. The van der Waals surface area contributed by atoms with Crippen molar-refractivity contribution in [2.45, 2.75) is 32.2 Å². The van der Waals surface area contributed by atoms with Crippen molar-refractivity contribution in [1.29, 1.82) is 0 Å². The number of carboxylic acids is 1. The van der Waals surface area contributed by atoms with Crippen molar-refractivity contribution in [3.8, 4) is 0 Å². The van der Waals surface area contributed by atoms with Crippen molar-refractivity contribution in [2.24, 2.45) is 5.92 Å². The van der Waals surface area contributed by atoms with E-state index in [1.54, 1.807) is 23.2 Å². The minimum atomic E-state index is -0.778. The van der Waals surface area contributed by atoms with Gasteiger partial charge in [0, 0.05) is 25.7 Å². The minimum Gasteiger partial charge on any atom is -0.481 e. The quantitative estimate of drug-likeness (QED) is 0.852. The zero-order valence-electron chi connectivity index (χ0n) is 11.9. The van der Waals surface area contributed by atoms with Gasteiger partial charge >= 0.3 is 12.0 Å². The molecule has 1 aromatic heterocycles. The molecule has 0 aliphatic carbocycles. The van der Waals surface area contributed by atoms with E-state index in [9.17, 15) is 9.59 Å². The minimum absolute atomic E-state index is 0.124. The van der Waals surface area contributed by atoms with Gasteiger partial charge in [0.1, 0.15) is 0 Å². The molecule has 2 rings (SSSR count). The monoisotopic (exact) mass is 292 g/mol. The highest BCUT2D eigenvalue weighted by atomic mass is 16.4. The number of carbonyl (C=O) groups excluding carboxylic acids is 1. The molecule has 1 aliphatic heterocycles. The van der Waals surface area contributed by atoms with Crippen molar-refractivity contribution < 1.29 is 14.7 Å². The van der Waals surface area contributed by atoms with Crippen LogP contribution in [0.3, 0.4) is 0 Å². The topological polar surface area (TPSA) is 95.4 Å². The molecule has 2 heterocycles. The summed E-state index contributed by atoms with van der Waals surface area (Å²) < 4.78 is 0. The van der Waals surface area contributed by atoms with Gasteiger partial charge in [0.2, 0.25) is 0 Å². The van der Waals surface area contributed by atoms with E-state index in [4.69, 9.17) is 5.11 Å². The highest BCUT2D eigenvalue weighted by Gasteiger charge is 2.23. The van der Waals surface area contributed by atoms with Crippen molar-refractivity contribution in [1.82, 2.24) is 20.4 Å². The second-order valence-electron chi connectivity index (χ2n) is 5.26. The molecule has 2 amide bonds. The Morgan fingerprint density at radius 1 is 1.48 bits per heavy atom. The third-order valence-corrected chi connectivity index (χ3v) is 3.62. The molecule has 0 spiro atoms. The second-order valence-corrected chi connectivity index (χ2v) is 5.26. The first-order valence-electron chi connectivity index (χ1n) is 7.16. The molecule has 1 unspecified atom stereocenters. The zero-order chi connectivity index (χ0) is 15.1. The number of hydrogen-bond donors (Lipinski definition) is 2. The summed E-state index contributed by atoms with van der Waals surface area (Å²) in [6.07, 6.45) is 4.29. The van der Waals surface area contributed by atoms with Gasteiger partial charge in [-0.1, -0.05) is 0 Å². The predicted octanol–water partition coefficient (Wildman–Crippen LogP) is 1.26. The molecule has 7 nitrogen and oxygen atoms in total. The third-order valence-electron chi connectivity index (χ3n) is 3.62. The molecule has 2 N–H and O–H groups in total. The standard InChI is InChI=1S/C14H20N4O3/c19-13(20)6-5-11-3-2-8-18(10-11)14(21)15-9-12-4-1-7-16-17-12/h1,4,7,11H,2-3,5-6,8-10H2,(H,15,21)(H,19,20). The van der Waals surface area contributed by atoms with Crippen LogP contribution in [0, 0.1) is 5.92 Å². The lowest BCUT2D eigenvalue weighted by atomic mass is 9.93. The summed E-state index contributed by atoms with van der Waals surface area (Å²) in [7, 11) is 0. The first-order valence-corrected chi connectivity index (χ1v) is 7.16. The first-order chi connectivity index (χ1) is 10.1. The maximum absolute atomic E-state index is 12.1. The van der Waals surface area contributed by atoms with Crippen LogP contribution in [0.5, 0.6) is 0 Å². The van der Waals surface area contributed by atoms with Crippen LogP contribution in [0.15, 0.2) is 18.3 Å². The van der Waals surface area contributed by atoms with Crippen molar-refractivity contribution >= 4 is 12.0 Å². The highest BCUT2D eigenvalue weighted by Crippen LogP contribution is 2.21. The number of rotatable bonds is 5. The number of aromatic nitrogens is 2. The zero-order valence-corrected chi connectivity index (χ0v) is 11.9. The lowest BCUT2D eigenvalue weighted by Crippen LogP contribution is -2.45. The van der Waals surface area contributed by atoms with Gasteiger partial charge in [-0.2, -0.15) is 10.2 Å². The van der Waals surface area contributed by atoms with Gasteiger partial charge in [-0.15, -0.1) is 0 Å². The molecule has 0 bridgehead atoms. The number of aliphatic carboxylic acids is 1. The Kier molecular flexibility index (Phi) is 5.48. The first kappa shape index (κ1) is 15.2. The van der Waals surface area contributed by atoms with Gasteiger partial charge < -0.3 is 15.3 Å². The molecule has 7 heteroatoms. The lowest BCUT2D eigenvalue weighted by molar-refractivity contribution is -0.137. The number of carboxylic acid groups (broad SMARTS) is 1. The van der Waals surface area contributed by atoms with Crippen LogP contribution >= 0.6 is 0 Å². The number of amides is 2. The molecule has 0 aromatic carbocycles. The molecule has 0 radical (unpaired) electrons. The number of likely N-dealkylation sites (tertiary alicyclic amines) is 1. The van der Waals surface area contributed by atoms with Crippen LogP contribution in [0.1, 0.15) is 31.4 Å².